The highest BCUT2D eigenvalue weighted by Gasteiger charge is 2.23. The maximum absolute atomic E-state index is 5.61. The first-order chi connectivity index (χ1) is 7.77. The van der Waals surface area contributed by atoms with Gasteiger partial charge in [0.15, 0.2) is 0 Å². The zero-order valence-electron chi connectivity index (χ0n) is 10.8. The van der Waals surface area contributed by atoms with E-state index in [0.29, 0.717) is 0 Å². The number of hydrogen-bond donors (Lipinski definition) is 2. The molecule has 0 aliphatic heterocycles. The van der Waals surface area contributed by atoms with Crippen LogP contribution in [0.4, 0.5) is 0 Å². The van der Waals surface area contributed by atoms with Crippen LogP contribution in [0.1, 0.15) is 45.4 Å². The minimum Gasteiger partial charge on any atom is -0.330 e. The van der Waals surface area contributed by atoms with Gasteiger partial charge in [-0.05, 0) is 57.8 Å². The molecule has 0 spiro atoms. The zero-order valence-corrected chi connectivity index (χ0v) is 10.8. The third-order valence-corrected chi connectivity index (χ3v) is 3.72. The molecular weight excluding hydrogens is 198 g/mol. The maximum Gasteiger partial charge on any atom is 0.00978 e. The molecule has 0 aromatic rings. The molecule has 16 heavy (non-hydrogen) atoms. The standard InChI is InChI=1S/C13H29N3/c1-12-5-2-6-13(11-12)16(9-3-7-14)10-4-8-15/h12-13H,2-11,14-15H2,1H3. The molecule has 3 heteroatoms. The molecular formula is C13H29N3. The van der Waals surface area contributed by atoms with Crippen LogP contribution in [0, 0.1) is 5.92 Å². The van der Waals surface area contributed by atoms with Gasteiger partial charge in [0.05, 0.1) is 0 Å². The van der Waals surface area contributed by atoms with E-state index in [2.05, 4.69) is 11.8 Å². The summed E-state index contributed by atoms with van der Waals surface area (Å²) >= 11 is 0. The summed E-state index contributed by atoms with van der Waals surface area (Å²) in [5.74, 6) is 0.900. The molecule has 0 aromatic heterocycles. The van der Waals surface area contributed by atoms with Crippen molar-refractivity contribution < 1.29 is 0 Å². The van der Waals surface area contributed by atoms with Crippen LogP contribution in [0.2, 0.25) is 0 Å². The molecule has 1 rings (SSSR count). The second-order valence-electron chi connectivity index (χ2n) is 5.25. The van der Waals surface area contributed by atoms with Crippen LogP contribution in [0.15, 0.2) is 0 Å². The molecule has 2 atom stereocenters. The van der Waals surface area contributed by atoms with Crippen molar-refractivity contribution in [3.8, 4) is 0 Å². The molecule has 3 nitrogen and oxygen atoms in total. The average molecular weight is 227 g/mol. The Morgan fingerprint density at radius 1 is 1.06 bits per heavy atom. The maximum atomic E-state index is 5.61. The van der Waals surface area contributed by atoms with Crippen LogP contribution < -0.4 is 11.5 Å². The summed E-state index contributed by atoms with van der Waals surface area (Å²) in [6, 6.07) is 0.793. The van der Waals surface area contributed by atoms with Crippen molar-refractivity contribution >= 4 is 0 Å². The minimum absolute atomic E-state index is 0.793. The number of nitrogens with two attached hydrogens (primary N) is 2. The Morgan fingerprint density at radius 2 is 1.69 bits per heavy atom. The molecule has 1 fully saturated rings. The van der Waals surface area contributed by atoms with Crippen LogP contribution >= 0.6 is 0 Å². The normalized spacial score (nSPS) is 26.2. The van der Waals surface area contributed by atoms with Crippen molar-refractivity contribution in [2.75, 3.05) is 26.2 Å². The van der Waals surface area contributed by atoms with E-state index in [1.54, 1.807) is 0 Å². The van der Waals surface area contributed by atoms with Crippen LogP contribution in [0.5, 0.6) is 0 Å². The van der Waals surface area contributed by atoms with E-state index in [9.17, 15) is 0 Å². The molecule has 0 bridgehead atoms. The second kappa shape index (κ2) is 8.04. The first-order valence-corrected chi connectivity index (χ1v) is 6.92. The van der Waals surface area contributed by atoms with E-state index in [1.807, 2.05) is 0 Å². The highest BCUT2D eigenvalue weighted by Crippen LogP contribution is 2.27. The van der Waals surface area contributed by atoms with Gasteiger partial charge in [-0.2, -0.15) is 0 Å². The lowest BCUT2D eigenvalue weighted by molar-refractivity contribution is 0.133. The summed E-state index contributed by atoms with van der Waals surface area (Å²) in [7, 11) is 0. The van der Waals surface area contributed by atoms with E-state index >= 15 is 0 Å². The van der Waals surface area contributed by atoms with Crippen molar-refractivity contribution in [1.82, 2.24) is 4.90 Å². The smallest absolute Gasteiger partial charge is 0.00978 e. The van der Waals surface area contributed by atoms with Gasteiger partial charge in [0.25, 0.3) is 0 Å². The Labute approximate surface area is 101 Å². The minimum atomic E-state index is 0.793. The molecule has 1 saturated carbocycles. The summed E-state index contributed by atoms with van der Waals surface area (Å²) in [5.41, 5.74) is 11.2. The molecule has 0 amide bonds. The van der Waals surface area contributed by atoms with Crippen molar-refractivity contribution in [2.45, 2.75) is 51.5 Å². The largest absolute Gasteiger partial charge is 0.330 e. The van der Waals surface area contributed by atoms with E-state index in [1.165, 1.54) is 25.7 Å². The Balaban J connectivity index is 2.38. The lowest BCUT2D eigenvalue weighted by Gasteiger charge is -2.36. The topological polar surface area (TPSA) is 55.3 Å². The van der Waals surface area contributed by atoms with Crippen molar-refractivity contribution in [3.05, 3.63) is 0 Å². The van der Waals surface area contributed by atoms with Crippen LogP contribution in [-0.2, 0) is 0 Å². The predicted octanol–water partition coefficient (Wildman–Crippen LogP) is 1.56. The van der Waals surface area contributed by atoms with E-state index in [4.69, 9.17) is 11.5 Å². The van der Waals surface area contributed by atoms with E-state index < -0.39 is 0 Å². The molecule has 96 valence electrons. The van der Waals surface area contributed by atoms with Gasteiger partial charge < -0.3 is 16.4 Å². The summed E-state index contributed by atoms with van der Waals surface area (Å²) < 4.78 is 0. The van der Waals surface area contributed by atoms with Gasteiger partial charge in [-0.1, -0.05) is 19.8 Å². The van der Waals surface area contributed by atoms with Crippen LogP contribution in [-0.4, -0.2) is 37.1 Å². The quantitative estimate of drug-likeness (QED) is 0.694. The fraction of sp³-hybridized carbons (Fsp3) is 1.00. The summed E-state index contributed by atoms with van der Waals surface area (Å²) in [6.07, 6.45) is 7.80. The molecule has 2 unspecified atom stereocenters. The fourth-order valence-corrected chi connectivity index (χ4v) is 2.80. The molecule has 0 saturated heterocycles. The van der Waals surface area contributed by atoms with Gasteiger partial charge in [-0.25, -0.2) is 0 Å². The van der Waals surface area contributed by atoms with E-state index in [0.717, 1.165) is 51.0 Å². The van der Waals surface area contributed by atoms with Crippen molar-refractivity contribution in [3.63, 3.8) is 0 Å². The summed E-state index contributed by atoms with van der Waals surface area (Å²) in [6.45, 7) is 6.32. The van der Waals surface area contributed by atoms with Gasteiger partial charge in [-0.15, -0.1) is 0 Å². The third kappa shape index (κ3) is 4.81. The van der Waals surface area contributed by atoms with Gasteiger partial charge in [0, 0.05) is 6.04 Å². The molecule has 0 heterocycles. The Bertz CT molecular complexity index is 165. The molecule has 4 N–H and O–H groups in total. The Morgan fingerprint density at radius 3 is 2.19 bits per heavy atom. The van der Waals surface area contributed by atoms with E-state index in [-0.39, 0.29) is 0 Å². The first kappa shape index (κ1) is 13.9. The average Bonchev–Trinajstić information content (AvgIpc) is 2.29. The van der Waals surface area contributed by atoms with Gasteiger partial charge in [0.2, 0.25) is 0 Å². The molecule has 1 aliphatic rings. The van der Waals surface area contributed by atoms with Gasteiger partial charge in [-0.3, -0.25) is 0 Å². The second-order valence-corrected chi connectivity index (χ2v) is 5.25. The number of hydrogen-bond acceptors (Lipinski definition) is 3. The SMILES string of the molecule is CC1CCCC(N(CCCN)CCCN)C1. The van der Waals surface area contributed by atoms with Crippen LogP contribution in [0.3, 0.4) is 0 Å². The summed E-state index contributed by atoms with van der Waals surface area (Å²) in [5, 5.41) is 0. The zero-order chi connectivity index (χ0) is 11.8. The Kier molecular flexibility index (Phi) is 7.01. The van der Waals surface area contributed by atoms with Gasteiger partial charge in [0.1, 0.15) is 0 Å². The number of rotatable bonds is 7. The highest BCUT2D eigenvalue weighted by molar-refractivity contribution is 4.79. The first-order valence-electron chi connectivity index (χ1n) is 6.92. The molecule has 0 aromatic carbocycles. The molecule has 1 aliphatic carbocycles. The van der Waals surface area contributed by atoms with Crippen LogP contribution in [0.25, 0.3) is 0 Å². The predicted molar refractivity (Wildman–Crippen MR) is 70.3 cm³/mol. The highest BCUT2D eigenvalue weighted by atomic mass is 15.2. The number of nitrogens with zero attached hydrogens (tertiary/aromatic N) is 1. The van der Waals surface area contributed by atoms with Gasteiger partial charge >= 0.3 is 0 Å². The van der Waals surface area contributed by atoms with Crippen molar-refractivity contribution in [1.29, 1.82) is 0 Å². The summed E-state index contributed by atoms with van der Waals surface area (Å²) in [4.78, 5) is 2.63. The third-order valence-electron chi connectivity index (χ3n) is 3.72. The molecule has 0 radical (unpaired) electrons. The fourth-order valence-electron chi connectivity index (χ4n) is 2.80. The monoisotopic (exact) mass is 227 g/mol. The lowest BCUT2D eigenvalue weighted by Crippen LogP contribution is -2.40. The van der Waals surface area contributed by atoms with Crippen molar-refractivity contribution in [2.24, 2.45) is 17.4 Å². The lowest BCUT2D eigenvalue weighted by atomic mass is 9.86. The Hall–Kier alpha value is -0.120.